The van der Waals surface area contributed by atoms with E-state index in [-0.39, 0.29) is 17.6 Å². The average molecular weight is 532 g/mol. The highest BCUT2D eigenvalue weighted by atomic mass is 19.4. The Morgan fingerprint density at radius 2 is 1.92 bits per heavy atom. The second-order valence-corrected chi connectivity index (χ2v) is 10.0. The lowest BCUT2D eigenvalue weighted by atomic mass is 9.84. The first-order chi connectivity index (χ1) is 18.0. The van der Waals surface area contributed by atoms with E-state index in [1.165, 1.54) is 24.1 Å². The molecule has 0 aromatic heterocycles. The summed E-state index contributed by atoms with van der Waals surface area (Å²) in [6, 6.07) is 3.91. The van der Waals surface area contributed by atoms with Crippen molar-refractivity contribution in [3.05, 3.63) is 64.9 Å². The van der Waals surface area contributed by atoms with Crippen molar-refractivity contribution in [1.29, 1.82) is 0 Å². The van der Waals surface area contributed by atoms with Crippen LogP contribution in [0.2, 0.25) is 0 Å². The number of carbonyl (C=O) groups excluding carboxylic acids is 2. The number of alkyl halides is 3. The molecule has 1 aromatic rings. The van der Waals surface area contributed by atoms with E-state index < -0.39 is 42.6 Å². The Balaban J connectivity index is 1.55. The number of allylic oxidation sites excluding steroid dienone is 2. The van der Waals surface area contributed by atoms with Crippen LogP contribution in [0.4, 0.5) is 18.0 Å². The molecule has 38 heavy (non-hydrogen) atoms. The molecule has 4 aliphatic rings. The lowest BCUT2D eigenvalue weighted by Crippen LogP contribution is -2.54. The highest BCUT2D eigenvalue weighted by Crippen LogP contribution is 2.48. The number of nitrogens with zero attached hydrogens (tertiary/aromatic N) is 3. The lowest BCUT2D eigenvalue weighted by Gasteiger charge is -2.47. The summed E-state index contributed by atoms with van der Waals surface area (Å²) in [6.45, 7) is -0.433. The Labute approximate surface area is 217 Å². The highest BCUT2D eigenvalue weighted by molar-refractivity contribution is 5.96. The van der Waals surface area contributed by atoms with Gasteiger partial charge in [0, 0.05) is 18.7 Å². The Morgan fingerprint density at radius 3 is 2.61 bits per heavy atom. The number of urea groups is 1. The number of ether oxygens (including phenoxy) is 1. The van der Waals surface area contributed by atoms with Gasteiger partial charge < -0.3 is 19.6 Å². The first-order valence-corrected chi connectivity index (χ1v) is 12.6. The minimum atomic E-state index is -4.88. The standard InChI is InChI=1S/C27H28F3N3O5/c1-31(15-23(34)35)26(37)32(17-12-13-17)24-19-8-2-3-10-21(19)33(22-11-5-9-20(22)24)25(36)16-6-4-7-18(14-16)38-27(28,29)30/h2-4,6-8,14,17,21-22H,5,9-13,15H2,1H3,(H,34,35). The smallest absolute Gasteiger partial charge is 0.480 e. The zero-order valence-electron chi connectivity index (χ0n) is 20.8. The maximum atomic E-state index is 13.9. The Morgan fingerprint density at radius 1 is 1.16 bits per heavy atom. The van der Waals surface area contributed by atoms with E-state index >= 15 is 0 Å². The molecular weight excluding hydrogens is 503 g/mol. The monoisotopic (exact) mass is 531 g/mol. The van der Waals surface area contributed by atoms with E-state index in [4.69, 9.17) is 0 Å². The van der Waals surface area contributed by atoms with Crippen molar-refractivity contribution < 1.29 is 37.4 Å². The number of rotatable bonds is 6. The molecule has 2 atom stereocenters. The second kappa shape index (κ2) is 9.85. The maximum Gasteiger partial charge on any atom is 0.573 e. The van der Waals surface area contributed by atoms with Gasteiger partial charge >= 0.3 is 18.4 Å². The molecule has 8 nitrogen and oxygen atoms in total. The van der Waals surface area contributed by atoms with Crippen LogP contribution in [-0.4, -0.2) is 75.8 Å². The Bertz CT molecular complexity index is 1250. The van der Waals surface area contributed by atoms with Gasteiger partial charge in [0.15, 0.2) is 0 Å². The molecule has 2 saturated carbocycles. The summed E-state index contributed by atoms with van der Waals surface area (Å²) < 4.78 is 42.4. The Kier molecular flexibility index (Phi) is 6.70. The molecular formula is C27H28F3N3O5. The third-order valence-electron chi connectivity index (χ3n) is 7.31. The molecule has 2 fully saturated rings. The fraction of sp³-hybridized carbons (Fsp3) is 0.444. The number of fused-ring (bicyclic) bond motifs is 2. The van der Waals surface area contributed by atoms with Crippen LogP contribution in [0.3, 0.4) is 0 Å². The number of likely N-dealkylation sites (N-methyl/N-ethyl adjacent to an activating group) is 1. The number of hydrogen-bond donors (Lipinski definition) is 1. The summed E-state index contributed by atoms with van der Waals surface area (Å²) in [4.78, 5) is 43.3. The summed E-state index contributed by atoms with van der Waals surface area (Å²) in [5, 5.41) is 9.24. The van der Waals surface area contributed by atoms with Gasteiger partial charge in [-0.25, -0.2) is 4.79 Å². The van der Waals surface area contributed by atoms with Crippen LogP contribution in [-0.2, 0) is 4.79 Å². The summed E-state index contributed by atoms with van der Waals surface area (Å²) in [6.07, 6.45) is 5.01. The SMILES string of the molecule is CN(CC(=O)O)C(=O)N(C1=C2CCCC2N(C(=O)c2cccc(OC(F)(F)F)c2)C2CC=CC=C12)C1CC1. The van der Waals surface area contributed by atoms with Crippen LogP contribution in [0.25, 0.3) is 0 Å². The predicted octanol–water partition coefficient (Wildman–Crippen LogP) is 4.70. The van der Waals surface area contributed by atoms with Crippen LogP contribution >= 0.6 is 0 Å². The summed E-state index contributed by atoms with van der Waals surface area (Å²) >= 11 is 0. The van der Waals surface area contributed by atoms with Crippen molar-refractivity contribution in [3.63, 3.8) is 0 Å². The molecule has 5 rings (SSSR count). The van der Waals surface area contributed by atoms with E-state index in [0.717, 1.165) is 48.2 Å². The minimum Gasteiger partial charge on any atom is -0.480 e. The number of aliphatic carboxylic acids is 1. The lowest BCUT2D eigenvalue weighted by molar-refractivity contribution is -0.274. The minimum absolute atomic E-state index is 0.0478. The number of hydrogen-bond acceptors (Lipinski definition) is 4. The van der Waals surface area contributed by atoms with Gasteiger partial charge in [-0.15, -0.1) is 13.2 Å². The van der Waals surface area contributed by atoms with Crippen molar-refractivity contribution in [2.75, 3.05) is 13.6 Å². The number of carbonyl (C=O) groups is 3. The molecule has 3 aliphatic carbocycles. The van der Waals surface area contributed by atoms with Crippen molar-refractivity contribution in [1.82, 2.24) is 14.7 Å². The van der Waals surface area contributed by atoms with E-state index in [0.29, 0.717) is 19.3 Å². The number of halogens is 3. The molecule has 11 heteroatoms. The molecule has 1 heterocycles. The zero-order valence-corrected chi connectivity index (χ0v) is 20.8. The predicted molar refractivity (Wildman–Crippen MR) is 130 cm³/mol. The van der Waals surface area contributed by atoms with Gasteiger partial charge in [0.05, 0.1) is 17.8 Å². The quantitative estimate of drug-likeness (QED) is 0.575. The van der Waals surface area contributed by atoms with Gasteiger partial charge in [-0.3, -0.25) is 14.5 Å². The first kappa shape index (κ1) is 25.9. The molecule has 0 bridgehead atoms. The molecule has 2 unspecified atom stereocenters. The van der Waals surface area contributed by atoms with Crippen LogP contribution in [0.15, 0.2) is 59.3 Å². The van der Waals surface area contributed by atoms with Crippen molar-refractivity contribution in [2.45, 2.75) is 63.0 Å². The van der Waals surface area contributed by atoms with Crippen LogP contribution in [0, 0.1) is 0 Å². The first-order valence-electron chi connectivity index (χ1n) is 12.6. The van der Waals surface area contributed by atoms with E-state index in [2.05, 4.69) is 4.74 Å². The van der Waals surface area contributed by atoms with Crippen molar-refractivity contribution >= 4 is 17.9 Å². The summed E-state index contributed by atoms with van der Waals surface area (Å²) in [5.41, 5.74) is 2.58. The molecule has 1 N–H and O–H groups in total. The number of carboxylic acids is 1. The number of amides is 3. The normalized spacial score (nSPS) is 22.4. The largest absolute Gasteiger partial charge is 0.573 e. The molecule has 3 amide bonds. The van der Waals surface area contributed by atoms with Gasteiger partial charge in [0.2, 0.25) is 0 Å². The number of benzene rings is 1. The number of carboxylic acid groups (broad SMARTS) is 1. The van der Waals surface area contributed by atoms with Crippen molar-refractivity contribution in [3.8, 4) is 5.75 Å². The van der Waals surface area contributed by atoms with Crippen LogP contribution < -0.4 is 4.74 Å². The molecule has 202 valence electrons. The maximum absolute atomic E-state index is 13.9. The average Bonchev–Trinajstić information content (AvgIpc) is 3.57. The van der Waals surface area contributed by atoms with Crippen LogP contribution in [0.1, 0.15) is 48.9 Å². The van der Waals surface area contributed by atoms with Crippen molar-refractivity contribution in [2.24, 2.45) is 0 Å². The molecule has 0 spiro atoms. The van der Waals surface area contributed by atoms with Gasteiger partial charge in [-0.1, -0.05) is 24.3 Å². The van der Waals surface area contributed by atoms with E-state index in [1.54, 1.807) is 9.80 Å². The molecule has 1 aliphatic heterocycles. The van der Waals surface area contributed by atoms with Gasteiger partial charge in [0.25, 0.3) is 5.91 Å². The zero-order chi connectivity index (χ0) is 27.2. The Hall–Kier alpha value is -3.76. The van der Waals surface area contributed by atoms with Gasteiger partial charge in [-0.2, -0.15) is 0 Å². The summed E-state index contributed by atoms with van der Waals surface area (Å²) in [7, 11) is 1.46. The third kappa shape index (κ3) is 5.01. The topological polar surface area (TPSA) is 90.4 Å². The molecule has 0 saturated heterocycles. The van der Waals surface area contributed by atoms with Crippen LogP contribution in [0.5, 0.6) is 5.75 Å². The fourth-order valence-electron chi connectivity index (χ4n) is 5.70. The third-order valence-corrected chi connectivity index (χ3v) is 7.31. The van der Waals surface area contributed by atoms with Gasteiger partial charge in [-0.05, 0) is 67.9 Å². The summed E-state index contributed by atoms with van der Waals surface area (Å²) in [5.74, 6) is -1.98. The molecule has 0 radical (unpaired) electrons. The van der Waals surface area contributed by atoms with Gasteiger partial charge in [0.1, 0.15) is 12.3 Å². The molecule has 1 aromatic carbocycles. The highest BCUT2D eigenvalue weighted by Gasteiger charge is 2.49. The van der Waals surface area contributed by atoms with E-state index in [9.17, 15) is 32.7 Å². The second-order valence-electron chi connectivity index (χ2n) is 10.0. The fourth-order valence-corrected chi connectivity index (χ4v) is 5.70. The van der Waals surface area contributed by atoms with E-state index in [1.807, 2.05) is 18.2 Å².